The van der Waals surface area contributed by atoms with Crippen molar-refractivity contribution in [2.24, 2.45) is 0 Å². The summed E-state index contributed by atoms with van der Waals surface area (Å²) in [6, 6.07) is 7.41. The molecule has 1 heterocycles. The maximum atomic E-state index is 8.89. The van der Waals surface area contributed by atoms with Gasteiger partial charge in [-0.25, -0.2) is 0 Å². The van der Waals surface area contributed by atoms with E-state index in [1.165, 1.54) is 25.9 Å². The van der Waals surface area contributed by atoms with E-state index in [2.05, 4.69) is 11.0 Å². The Morgan fingerprint density at radius 2 is 2.00 bits per heavy atom. The lowest BCUT2D eigenvalue weighted by Crippen LogP contribution is -2.25. The SMILES string of the molecule is CCOc1cc(C#N)ccc1OCCN1CCCC1. The van der Waals surface area contributed by atoms with Crippen LogP contribution in [0.1, 0.15) is 25.3 Å². The fourth-order valence-electron chi connectivity index (χ4n) is 2.26. The number of likely N-dealkylation sites (tertiary alicyclic amines) is 1. The minimum absolute atomic E-state index is 0.567. The van der Waals surface area contributed by atoms with E-state index in [1.54, 1.807) is 12.1 Å². The summed E-state index contributed by atoms with van der Waals surface area (Å²) < 4.78 is 11.3. The first-order valence-corrected chi connectivity index (χ1v) is 6.85. The molecule has 0 spiro atoms. The second kappa shape index (κ2) is 7.01. The number of benzene rings is 1. The molecule has 0 radical (unpaired) electrons. The van der Waals surface area contributed by atoms with Crippen molar-refractivity contribution in [3.63, 3.8) is 0 Å². The third-order valence-electron chi connectivity index (χ3n) is 3.24. The van der Waals surface area contributed by atoms with Crippen LogP contribution in [0.5, 0.6) is 11.5 Å². The van der Waals surface area contributed by atoms with E-state index in [0.29, 0.717) is 24.5 Å². The first-order valence-electron chi connectivity index (χ1n) is 6.85. The highest BCUT2D eigenvalue weighted by Gasteiger charge is 2.12. The Morgan fingerprint density at radius 3 is 2.68 bits per heavy atom. The first-order chi connectivity index (χ1) is 9.33. The van der Waals surface area contributed by atoms with Crippen LogP contribution >= 0.6 is 0 Å². The van der Waals surface area contributed by atoms with Crippen LogP contribution in [-0.4, -0.2) is 37.7 Å². The van der Waals surface area contributed by atoms with Crippen LogP contribution in [0.4, 0.5) is 0 Å². The van der Waals surface area contributed by atoms with Gasteiger partial charge in [0.05, 0.1) is 18.2 Å². The van der Waals surface area contributed by atoms with Gasteiger partial charge in [0.15, 0.2) is 11.5 Å². The molecule has 0 atom stereocenters. The molecule has 0 aliphatic carbocycles. The molecule has 1 saturated heterocycles. The molecule has 4 nitrogen and oxygen atoms in total. The fraction of sp³-hybridized carbons (Fsp3) is 0.533. The zero-order valence-corrected chi connectivity index (χ0v) is 11.4. The van der Waals surface area contributed by atoms with Crippen molar-refractivity contribution in [2.75, 3.05) is 32.8 Å². The topological polar surface area (TPSA) is 45.5 Å². The molecule has 1 aromatic rings. The molecule has 2 rings (SSSR count). The van der Waals surface area contributed by atoms with Gasteiger partial charge >= 0.3 is 0 Å². The van der Waals surface area contributed by atoms with E-state index in [0.717, 1.165) is 12.3 Å². The number of nitriles is 1. The van der Waals surface area contributed by atoms with Crippen LogP contribution in [0.2, 0.25) is 0 Å². The Bertz CT molecular complexity index is 448. The average molecular weight is 260 g/mol. The molecule has 0 saturated carbocycles. The normalized spacial score (nSPS) is 15.2. The molecule has 1 aliphatic rings. The highest BCUT2D eigenvalue weighted by atomic mass is 16.5. The van der Waals surface area contributed by atoms with Crippen LogP contribution < -0.4 is 9.47 Å². The Balaban J connectivity index is 1.92. The Kier molecular flexibility index (Phi) is 5.05. The van der Waals surface area contributed by atoms with Gasteiger partial charge in [0, 0.05) is 12.6 Å². The van der Waals surface area contributed by atoms with Crippen molar-refractivity contribution < 1.29 is 9.47 Å². The van der Waals surface area contributed by atoms with Gasteiger partial charge in [-0.15, -0.1) is 0 Å². The summed E-state index contributed by atoms with van der Waals surface area (Å²) in [5.74, 6) is 1.38. The fourth-order valence-corrected chi connectivity index (χ4v) is 2.26. The minimum atomic E-state index is 0.567. The second-order valence-corrected chi connectivity index (χ2v) is 4.60. The van der Waals surface area contributed by atoms with Crippen LogP contribution in [0.15, 0.2) is 18.2 Å². The number of hydrogen-bond donors (Lipinski definition) is 0. The van der Waals surface area contributed by atoms with E-state index in [-0.39, 0.29) is 0 Å². The maximum Gasteiger partial charge on any atom is 0.162 e. The van der Waals surface area contributed by atoms with Gasteiger partial charge in [0.2, 0.25) is 0 Å². The van der Waals surface area contributed by atoms with E-state index in [1.807, 2.05) is 13.0 Å². The van der Waals surface area contributed by atoms with Crippen molar-refractivity contribution in [1.82, 2.24) is 4.90 Å². The van der Waals surface area contributed by atoms with Gasteiger partial charge in [-0.3, -0.25) is 4.90 Å². The zero-order valence-electron chi connectivity index (χ0n) is 11.4. The van der Waals surface area contributed by atoms with Crippen molar-refractivity contribution in [2.45, 2.75) is 19.8 Å². The summed E-state index contributed by atoms with van der Waals surface area (Å²) in [7, 11) is 0. The van der Waals surface area contributed by atoms with Crippen molar-refractivity contribution >= 4 is 0 Å². The molecule has 0 unspecified atom stereocenters. The molecule has 19 heavy (non-hydrogen) atoms. The molecule has 0 aromatic heterocycles. The van der Waals surface area contributed by atoms with E-state index in [4.69, 9.17) is 14.7 Å². The summed E-state index contributed by atoms with van der Waals surface area (Å²) in [6.45, 7) is 6.45. The highest BCUT2D eigenvalue weighted by molar-refractivity contribution is 5.46. The third-order valence-corrected chi connectivity index (χ3v) is 3.24. The zero-order chi connectivity index (χ0) is 13.5. The summed E-state index contributed by atoms with van der Waals surface area (Å²) >= 11 is 0. The van der Waals surface area contributed by atoms with Crippen LogP contribution in [-0.2, 0) is 0 Å². The van der Waals surface area contributed by atoms with Gasteiger partial charge in [-0.2, -0.15) is 5.26 Å². The van der Waals surface area contributed by atoms with Gasteiger partial charge in [-0.05, 0) is 45.0 Å². The van der Waals surface area contributed by atoms with Gasteiger partial charge in [-0.1, -0.05) is 0 Å². The predicted molar refractivity (Wildman–Crippen MR) is 73.5 cm³/mol. The number of nitrogens with zero attached hydrogens (tertiary/aromatic N) is 2. The smallest absolute Gasteiger partial charge is 0.162 e. The van der Waals surface area contributed by atoms with Crippen molar-refractivity contribution in [1.29, 1.82) is 5.26 Å². The summed E-state index contributed by atoms with van der Waals surface area (Å²) in [6.07, 6.45) is 2.59. The maximum absolute atomic E-state index is 8.89. The molecule has 1 aliphatic heterocycles. The molecular weight excluding hydrogens is 240 g/mol. The largest absolute Gasteiger partial charge is 0.490 e. The third kappa shape index (κ3) is 3.87. The minimum Gasteiger partial charge on any atom is -0.490 e. The average Bonchev–Trinajstić information content (AvgIpc) is 2.94. The molecule has 0 bridgehead atoms. The van der Waals surface area contributed by atoms with Crippen molar-refractivity contribution in [3.8, 4) is 17.6 Å². The number of rotatable bonds is 6. The van der Waals surface area contributed by atoms with Crippen LogP contribution in [0, 0.1) is 11.3 Å². The molecule has 102 valence electrons. The Labute approximate surface area is 114 Å². The summed E-state index contributed by atoms with van der Waals surface area (Å²) in [5, 5.41) is 8.89. The predicted octanol–water partition coefficient (Wildman–Crippen LogP) is 2.43. The molecule has 1 aromatic carbocycles. The number of hydrogen-bond acceptors (Lipinski definition) is 4. The molecule has 1 fully saturated rings. The van der Waals surface area contributed by atoms with Gasteiger partial charge < -0.3 is 9.47 Å². The Hall–Kier alpha value is -1.73. The molecule has 0 N–H and O–H groups in total. The van der Waals surface area contributed by atoms with Crippen LogP contribution in [0.3, 0.4) is 0 Å². The van der Waals surface area contributed by atoms with Gasteiger partial charge in [0.25, 0.3) is 0 Å². The summed E-state index contributed by atoms with van der Waals surface area (Å²) in [5.41, 5.74) is 0.593. The number of ether oxygens (including phenoxy) is 2. The summed E-state index contributed by atoms with van der Waals surface area (Å²) in [4.78, 5) is 2.41. The molecule has 0 amide bonds. The van der Waals surface area contributed by atoms with E-state index >= 15 is 0 Å². The highest BCUT2D eigenvalue weighted by Crippen LogP contribution is 2.28. The molecular formula is C15H20N2O2. The van der Waals surface area contributed by atoms with Crippen molar-refractivity contribution in [3.05, 3.63) is 23.8 Å². The van der Waals surface area contributed by atoms with E-state index < -0.39 is 0 Å². The lowest BCUT2D eigenvalue weighted by atomic mass is 10.2. The standard InChI is InChI=1S/C15H20N2O2/c1-2-18-15-11-13(12-16)5-6-14(15)19-10-9-17-7-3-4-8-17/h5-6,11H,2-4,7-10H2,1H3. The lowest BCUT2D eigenvalue weighted by Gasteiger charge is -2.16. The monoisotopic (exact) mass is 260 g/mol. The van der Waals surface area contributed by atoms with Gasteiger partial charge in [0.1, 0.15) is 6.61 Å². The van der Waals surface area contributed by atoms with Crippen LogP contribution in [0.25, 0.3) is 0 Å². The quantitative estimate of drug-likeness (QED) is 0.788. The van der Waals surface area contributed by atoms with E-state index in [9.17, 15) is 0 Å². The first kappa shape index (κ1) is 13.7. The molecule has 4 heteroatoms. The lowest BCUT2D eigenvalue weighted by molar-refractivity contribution is 0.226. The second-order valence-electron chi connectivity index (χ2n) is 4.60. The Morgan fingerprint density at radius 1 is 1.21 bits per heavy atom.